The lowest BCUT2D eigenvalue weighted by atomic mass is 9.68. The molecule has 2 aromatic carbocycles. The maximum atomic E-state index is 13.3. The molecule has 1 amide bonds. The smallest absolute Gasteiger partial charge is 0.410 e. The van der Waals surface area contributed by atoms with Crippen LogP contribution in [0.3, 0.4) is 0 Å². The van der Waals surface area contributed by atoms with Crippen molar-refractivity contribution in [2.45, 2.75) is 70.6 Å². The Morgan fingerprint density at radius 2 is 1.85 bits per heavy atom. The molecule has 5 nitrogen and oxygen atoms in total. The van der Waals surface area contributed by atoms with Crippen LogP contribution in [0.4, 0.5) is 10.5 Å². The molecule has 1 unspecified atom stereocenters. The summed E-state index contributed by atoms with van der Waals surface area (Å²) in [5.74, 6) is 0.384. The number of hydrogen-bond donors (Lipinski definition) is 1. The number of hydrogen-bond acceptors (Lipinski definition) is 3. The van der Waals surface area contributed by atoms with Crippen LogP contribution in [-0.4, -0.2) is 35.7 Å². The second-order valence-corrected chi connectivity index (χ2v) is 10.6. The van der Waals surface area contributed by atoms with Gasteiger partial charge in [0.1, 0.15) is 5.60 Å². The van der Waals surface area contributed by atoms with Crippen LogP contribution in [0.1, 0.15) is 63.5 Å². The Hall–Kier alpha value is -2.84. The van der Waals surface area contributed by atoms with Crippen molar-refractivity contribution >= 4 is 11.8 Å². The monoisotopic (exact) mass is 445 g/mol. The molecular weight excluding hydrogens is 410 g/mol. The van der Waals surface area contributed by atoms with Gasteiger partial charge < -0.3 is 15.0 Å². The van der Waals surface area contributed by atoms with Crippen molar-refractivity contribution in [3.8, 4) is 0 Å². The number of benzene rings is 2. The number of amides is 1. The van der Waals surface area contributed by atoms with Crippen LogP contribution in [-0.2, 0) is 11.3 Å². The summed E-state index contributed by atoms with van der Waals surface area (Å²) in [7, 11) is 0. The first-order chi connectivity index (χ1) is 15.8. The topological polar surface area (TPSA) is 45.9 Å². The zero-order valence-corrected chi connectivity index (χ0v) is 20.0. The third-order valence-electron chi connectivity index (χ3n) is 6.86. The maximum absolute atomic E-state index is 13.3. The third kappa shape index (κ3) is 5.75. The van der Waals surface area contributed by atoms with Gasteiger partial charge in [-0.15, -0.1) is 0 Å². The molecule has 2 aromatic rings. The van der Waals surface area contributed by atoms with Crippen molar-refractivity contribution in [3.05, 3.63) is 77.1 Å². The molecule has 0 aliphatic heterocycles. The Morgan fingerprint density at radius 3 is 2.48 bits per heavy atom. The van der Waals surface area contributed by atoms with Crippen LogP contribution in [0, 0.1) is 12.0 Å². The minimum absolute atomic E-state index is 0.0633. The molecule has 2 aliphatic rings. The van der Waals surface area contributed by atoms with Gasteiger partial charge in [0.15, 0.2) is 5.69 Å². The summed E-state index contributed by atoms with van der Waals surface area (Å²) in [6, 6.07) is 18.5. The molecule has 0 aromatic heterocycles. The van der Waals surface area contributed by atoms with E-state index in [1.165, 1.54) is 12.0 Å². The van der Waals surface area contributed by atoms with Crippen LogP contribution in [0.5, 0.6) is 0 Å². The van der Waals surface area contributed by atoms with E-state index in [0.29, 0.717) is 24.7 Å². The molecular formula is C28H35N3O2. The van der Waals surface area contributed by atoms with E-state index in [-0.39, 0.29) is 17.6 Å². The van der Waals surface area contributed by atoms with Crippen LogP contribution >= 0.6 is 0 Å². The van der Waals surface area contributed by atoms with Crippen molar-refractivity contribution in [2.75, 3.05) is 13.1 Å². The standard InChI is InChI=1S/C28H35N3O2/c1-27(2,3)33-26(32)31(25-17-23(25)21-11-6-5-7-12-21)20-28(15-10-16-28)19-30-18-22-13-8-9-14-24(22)29-4/h5-9,11-14,23,25,30H,10,15-20H2,1-3H3/t23?,25-/m0/s1. The molecule has 0 heterocycles. The van der Waals surface area contributed by atoms with Crippen LogP contribution in [0.2, 0.25) is 0 Å². The highest BCUT2D eigenvalue weighted by atomic mass is 16.6. The Bertz CT molecular complexity index is 1000. The van der Waals surface area contributed by atoms with E-state index >= 15 is 0 Å². The average Bonchev–Trinajstić information content (AvgIpc) is 3.55. The number of rotatable bonds is 8. The van der Waals surface area contributed by atoms with Gasteiger partial charge in [-0.3, -0.25) is 0 Å². The zero-order chi connectivity index (χ0) is 23.5. The molecule has 0 bridgehead atoms. The van der Waals surface area contributed by atoms with Gasteiger partial charge in [0.05, 0.1) is 6.57 Å². The predicted molar refractivity (Wildman–Crippen MR) is 131 cm³/mol. The van der Waals surface area contributed by atoms with Crippen molar-refractivity contribution < 1.29 is 9.53 Å². The Labute approximate surface area is 198 Å². The van der Waals surface area contributed by atoms with Crippen LogP contribution in [0.15, 0.2) is 54.6 Å². The number of carbonyl (C=O) groups excluding carboxylic acids is 1. The summed E-state index contributed by atoms with van der Waals surface area (Å²) in [5, 5.41) is 3.59. The minimum Gasteiger partial charge on any atom is -0.444 e. The summed E-state index contributed by atoms with van der Waals surface area (Å²) in [4.78, 5) is 18.9. The van der Waals surface area contributed by atoms with Crippen molar-refractivity contribution in [1.29, 1.82) is 0 Å². The van der Waals surface area contributed by atoms with Crippen molar-refractivity contribution in [1.82, 2.24) is 10.2 Å². The zero-order valence-electron chi connectivity index (χ0n) is 20.0. The van der Waals surface area contributed by atoms with E-state index in [0.717, 1.165) is 31.4 Å². The highest BCUT2D eigenvalue weighted by Gasteiger charge is 2.49. The second-order valence-electron chi connectivity index (χ2n) is 10.6. The van der Waals surface area contributed by atoms with Gasteiger partial charge in [-0.25, -0.2) is 9.64 Å². The van der Waals surface area contributed by atoms with E-state index in [1.54, 1.807) is 0 Å². The molecule has 5 heteroatoms. The van der Waals surface area contributed by atoms with Crippen LogP contribution in [0.25, 0.3) is 4.85 Å². The van der Waals surface area contributed by atoms with E-state index in [2.05, 4.69) is 34.4 Å². The normalized spacial score (nSPS) is 20.9. The summed E-state index contributed by atoms with van der Waals surface area (Å²) < 4.78 is 5.84. The molecule has 2 aliphatic carbocycles. The SMILES string of the molecule is [C-]#[N+]c1ccccc1CNCC1(CN(C(=O)OC(C)(C)C)[C@H]2CC2c2ccccc2)CCC1. The molecule has 0 spiro atoms. The summed E-state index contributed by atoms with van der Waals surface area (Å²) in [6.45, 7) is 15.4. The van der Waals surface area contributed by atoms with E-state index in [1.807, 2.05) is 56.0 Å². The van der Waals surface area contributed by atoms with Gasteiger partial charge >= 0.3 is 6.09 Å². The number of nitrogens with one attached hydrogen (secondary N) is 1. The van der Waals surface area contributed by atoms with Gasteiger partial charge in [0.2, 0.25) is 0 Å². The molecule has 4 rings (SSSR count). The maximum Gasteiger partial charge on any atom is 0.410 e. The first-order valence-corrected chi connectivity index (χ1v) is 12.0. The van der Waals surface area contributed by atoms with Gasteiger partial charge in [-0.05, 0) is 51.2 Å². The predicted octanol–water partition coefficient (Wildman–Crippen LogP) is 6.29. The summed E-state index contributed by atoms with van der Waals surface area (Å²) >= 11 is 0. The van der Waals surface area contributed by atoms with E-state index in [9.17, 15) is 4.79 Å². The lowest BCUT2D eigenvalue weighted by Gasteiger charge is -2.45. The fourth-order valence-electron chi connectivity index (χ4n) is 4.88. The number of ether oxygens (including phenoxy) is 1. The molecule has 0 radical (unpaired) electrons. The number of nitrogens with zero attached hydrogens (tertiary/aromatic N) is 2. The Kier molecular flexibility index (Phi) is 6.76. The van der Waals surface area contributed by atoms with E-state index < -0.39 is 5.60 Å². The molecule has 33 heavy (non-hydrogen) atoms. The summed E-state index contributed by atoms with van der Waals surface area (Å²) in [5.41, 5.74) is 2.57. The molecule has 2 atom stereocenters. The molecule has 174 valence electrons. The molecule has 2 fully saturated rings. The molecule has 1 N–H and O–H groups in total. The largest absolute Gasteiger partial charge is 0.444 e. The average molecular weight is 446 g/mol. The van der Waals surface area contributed by atoms with Crippen molar-refractivity contribution in [3.63, 3.8) is 0 Å². The van der Waals surface area contributed by atoms with Crippen LogP contribution < -0.4 is 5.32 Å². The molecule has 2 saturated carbocycles. The Morgan fingerprint density at radius 1 is 1.15 bits per heavy atom. The number of carbonyl (C=O) groups is 1. The number of para-hydroxylation sites is 1. The highest BCUT2D eigenvalue weighted by molar-refractivity contribution is 5.69. The highest BCUT2D eigenvalue weighted by Crippen LogP contribution is 2.49. The fourth-order valence-corrected chi connectivity index (χ4v) is 4.88. The van der Waals surface area contributed by atoms with E-state index in [4.69, 9.17) is 11.3 Å². The van der Waals surface area contributed by atoms with Gasteiger partial charge in [-0.1, -0.05) is 61.0 Å². The van der Waals surface area contributed by atoms with Crippen molar-refractivity contribution in [2.24, 2.45) is 5.41 Å². The minimum atomic E-state index is -0.513. The summed E-state index contributed by atoms with van der Waals surface area (Å²) in [6.07, 6.45) is 4.19. The van der Waals surface area contributed by atoms with Gasteiger partial charge in [0.25, 0.3) is 0 Å². The first-order valence-electron chi connectivity index (χ1n) is 12.0. The van der Waals surface area contributed by atoms with Gasteiger partial charge in [-0.2, -0.15) is 0 Å². The molecule has 0 saturated heterocycles. The third-order valence-corrected chi connectivity index (χ3v) is 6.86. The first kappa shape index (κ1) is 23.3. The Balaban J connectivity index is 1.45. The lowest BCUT2D eigenvalue weighted by molar-refractivity contribution is 0.00105. The fraction of sp³-hybridized carbons (Fsp3) is 0.500. The quantitative estimate of drug-likeness (QED) is 0.486. The van der Waals surface area contributed by atoms with Gasteiger partial charge in [0, 0.05) is 37.0 Å². The lowest BCUT2D eigenvalue weighted by Crippen LogP contribution is -2.51. The second kappa shape index (κ2) is 9.57.